The molecule has 7 rings (SSSR count). The topological polar surface area (TPSA) is 89.4 Å². The van der Waals surface area contributed by atoms with Gasteiger partial charge in [-0.2, -0.15) is 26.3 Å². The molecule has 0 spiro atoms. The molecule has 2 aromatic heterocycles. The highest BCUT2D eigenvalue weighted by atomic mass is 35.5. The van der Waals surface area contributed by atoms with Gasteiger partial charge in [0.1, 0.15) is 17.2 Å². The van der Waals surface area contributed by atoms with E-state index in [0.717, 1.165) is 12.1 Å². The van der Waals surface area contributed by atoms with Gasteiger partial charge in [-0.1, -0.05) is 54.4 Å². The lowest BCUT2D eigenvalue weighted by Crippen LogP contribution is -2.06. The van der Waals surface area contributed by atoms with Crippen LogP contribution in [0, 0.1) is 0 Å². The Kier molecular flexibility index (Phi) is 11.0. The van der Waals surface area contributed by atoms with Gasteiger partial charge in [-0.15, -0.1) is 0 Å². The highest BCUT2D eigenvalue weighted by Crippen LogP contribution is 2.41. The lowest BCUT2D eigenvalue weighted by molar-refractivity contribution is -0.137. The van der Waals surface area contributed by atoms with E-state index in [2.05, 4.69) is 9.97 Å². The number of rotatable bonds is 6. The van der Waals surface area contributed by atoms with Crippen LogP contribution in [0.5, 0.6) is 17.2 Å². The number of hydrogen-bond donors (Lipinski definition) is 1. The molecule has 5 aromatic carbocycles. The molecule has 0 fully saturated rings. The molecule has 0 unspecified atom stereocenters. The average molecular weight is 816 g/mol. The molecule has 0 bridgehead atoms. The molecule has 1 N–H and O–H groups in total. The predicted octanol–water partition coefficient (Wildman–Crippen LogP) is 12.4. The molecular weight excluding hydrogens is 789 g/mol. The SMILES string of the molecule is CCS(=O)(=O)c1ccc(Oc2ccc(Cl)c(-c3ccnc4c(C(F)(F)F)cccc34)c2)cc1.Oc1ccc(Cl)c(-c2ccnc3c(C(F)(F)F)cccc23)c1. The van der Waals surface area contributed by atoms with Crippen molar-refractivity contribution in [3.63, 3.8) is 0 Å². The molecule has 0 amide bonds. The van der Waals surface area contributed by atoms with Gasteiger partial charge in [0, 0.05) is 44.3 Å². The van der Waals surface area contributed by atoms with E-state index < -0.39 is 33.3 Å². The van der Waals surface area contributed by atoms with Crippen LogP contribution in [0.25, 0.3) is 44.1 Å². The molecule has 55 heavy (non-hydrogen) atoms. The first-order valence-corrected chi connectivity index (χ1v) is 18.6. The van der Waals surface area contributed by atoms with Gasteiger partial charge < -0.3 is 9.84 Å². The smallest absolute Gasteiger partial charge is 0.418 e. The number of ether oxygens (including phenoxy) is 1. The van der Waals surface area contributed by atoms with Crippen molar-refractivity contribution in [1.29, 1.82) is 0 Å². The van der Waals surface area contributed by atoms with Gasteiger partial charge in [-0.05, 0) is 96.1 Å². The highest BCUT2D eigenvalue weighted by molar-refractivity contribution is 7.91. The average Bonchev–Trinajstić information content (AvgIpc) is 3.15. The maximum atomic E-state index is 13.4. The van der Waals surface area contributed by atoms with Gasteiger partial charge >= 0.3 is 12.4 Å². The Bertz CT molecular complexity index is 2650. The minimum atomic E-state index is -4.54. The minimum Gasteiger partial charge on any atom is -0.508 e. The number of alkyl halides is 6. The minimum absolute atomic E-state index is 0.0102. The molecule has 0 aliphatic carbocycles. The number of pyridine rings is 2. The van der Waals surface area contributed by atoms with Crippen LogP contribution in [0.1, 0.15) is 18.1 Å². The quantitative estimate of drug-likeness (QED) is 0.168. The number of phenolic OH excluding ortho intramolecular Hbond substituents is 1. The van der Waals surface area contributed by atoms with E-state index in [4.69, 9.17) is 27.9 Å². The molecule has 15 heteroatoms. The molecule has 2 heterocycles. The van der Waals surface area contributed by atoms with E-state index in [9.17, 15) is 39.9 Å². The summed E-state index contributed by atoms with van der Waals surface area (Å²) in [5.74, 6) is 0.759. The van der Waals surface area contributed by atoms with Crippen LogP contribution >= 0.6 is 23.2 Å². The van der Waals surface area contributed by atoms with E-state index in [0.29, 0.717) is 54.6 Å². The number of halogens is 8. The van der Waals surface area contributed by atoms with Crippen molar-refractivity contribution in [3.05, 3.63) is 143 Å². The van der Waals surface area contributed by atoms with E-state index in [1.165, 1.54) is 67.0 Å². The number of sulfone groups is 1. The molecule has 0 aliphatic rings. The Morgan fingerprint density at radius 1 is 0.618 bits per heavy atom. The molecule has 6 nitrogen and oxygen atoms in total. The number of nitrogens with zero attached hydrogens (tertiary/aromatic N) is 2. The maximum absolute atomic E-state index is 13.4. The molecule has 0 saturated heterocycles. The molecule has 0 saturated carbocycles. The number of phenols is 1. The maximum Gasteiger partial charge on any atom is 0.418 e. The first-order chi connectivity index (χ1) is 26.0. The Balaban J connectivity index is 0.000000203. The zero-order chi connectivity index (χ0) is 39.7. The Labute approximate surface area is 320 Å². The number of hydrogen-bond acceptors (Lipinski definition) is 6. The number of para-hydroxylation sites is 2. The van der Waals surface area contributed by atoms with Crippen LogP contribution in [0.15, 0.2) is 126 Å². The van der Waals surface area contributed by atoms with Gasteiger partial charge in [0.05, 0.1) is 32.8 Å². The summed E-state index contributed by atoms with van der Waals surface area (Å²) in [6.45, 7) is 1.56. The monoisotopic (exact) mass is 814 g/mol. The second-order valence-corrected chi connectivity index (χ2v) is 15.0. The van der Waals surface area contributed by atoms with Gasteiger partial charge in [-0.3, -0.25) is 9.97 Å². The van der Waals surface area contributed by atoms with Gasteiger partial charge in [-0.25, -0.2) is 8.42 Å². The number of benzene rings is 5. The third-order valence-corrected chi connectivity index (χ3v) is 10.8. The zero-order valence-corrected chi connectivity index (χ0v) is 30.6. The Morgan fingerprint density at radius 2 is 1.09 bits per heavy atom. The third-order valence-electron chi connectivity index (χ3n) is 8.42. The number of aromatic nitrogens is 2. The Morgan fingerprint density at radius 3 is 1.58 bits per heavy atom. The van der Waals surface area contributed by atoms with E-state index in [-0.39, 0.29) is 27.4 Å². The van der Waals surface area contributed by atoms with E-state index in [1.807, 2.05) is 0 Å². The summed E-state index contributed by atoms with van der Waals surface area (Å²) in [7, 11) is -3.33. The van der Waals surface area contributed by atoms with Crippen LogP contribution in [0.2, 0.25) is 10.0 Å². The second-order valence-electron chi connectivity index (χ2n) is 11.9. The fraction of sp³-hybridized carbons (Fsp3) is 0.100. The highest BCUT2D eigenvalue weighted by Gasteiger charge is 2.34. The van der Waals surface area contributed by atoms with E-state index in [1.54, 1.807) is 49.4 Å². The summed E-state index contributed by atoms with van der Waals surface area (Å²) in [6.07, 6.45) is -6.43. The summed E-state index contributed by atoms with van der Waals surface area (Å²) >= 11 is 12.5. The van der Waals surface area contributed by atoms with Crippen molar-refractivity contribution in [2.75, 3.05) is 5.75 Å². The van der Waals surface area contributed by atoms with Crippen LogP contribution in [-0.2, 0) is 22.2 Å². The van der Waals surface area contributed by atoms with Crippen molar-refractivity contribution >= 4 is 54.8 Å². The van der Waals surface area contributed by atoms with Crippen molar-refractivity contribution < 1.29 is 44.6 Å². The molecular formula is C40H26Cl2F6N2O4S. The largest absolute Gasteiger partial charge is 0.508 e. The van der Waals surface area contributed by atoms with Crippen molar-refractivity contribution in [2.24, 2.45) is 0 Å². The van der Waals surface area contributed by atoms with Crippen LogP contribution in [0.4, 0.5) is 26.3 Å². The van der Waals surface area contributed by atoms with Gasteiger partial charge in [0.2, 0.25) is 0 Å². The standard InChI is InChI=1S/C24H17ClF3NO3S.C16H9ClF3NO/c1-2-33(30,31)17-9-6-15(7-10-17)32-16-8-11-22(25)20(14-16)18-12-13-29-23-19(18)4-3-5-21(23)24(26,27)28;17-14-5-4-9(22)8-12(14)10-6-7-21-15-11(10)2-1-3-13(15)16(18,19)20/h3-14H,2H2,1H3;1-8,22H. The molecule has 0 aliphatic heterocycles. The fourth-order valence-electron chi connectivity index (χ4n) is 5.79. The second kappa shape index (κ2) is 15.4. The summed E-state index contributed by atoms with van der Waals surface area (Å²) in [6, 6.07) is 26.0. The lowest BCUT2D eigenvalue weighted by atomic mass is 9.99. The van der Waals surface area contributed by atoms with Crippen molar-refractivity contribution in [1.82, 2.24) is 9.97 Å². The third kappa shape index (κ3) is 8.49. The summed E-state index contributed by atoms with van der Waals surface area (Å²) < 4.78 is 109. The van der Waals surface area contributed by atoms with Crippen LogP contribution < -0.4 is 4.74 Å². The van der Waals surface area contributed by atoms with Crippen LogP contribution in [0.3, 0.4) is 0 Å². The van der Waals surface area contributed by atoms with Gasteiger partial charge in [0.15, 0.2) is 9.84 Å². The summed E-state index contributed by atoms with van der Waals surface area (Å²) in [4.78, 5) is 8.00. The molecule has 282 valence electrons. The normalized spacial score (nSPS) is 12.0. The van der Waals surface area contributed by atoms with Crippen molar-refractivity contribution in [3.8, 4) is 39.5 Å². The predicted molar refractivity (Wildman–Crippen MR) is 200 cm³/mol. The summed E-state index contributed by atoms with van der Waals surface area (Å²) in [5.41, 5.74) is -0.0532. The van der Waals surface area contributed by atoms with E-state index >= 15 is 0 Å². The first-order valence-electron chi connectivity index (χ1n) is 16.2. The fourth-order valence-corrected chi connectivity index (χ4v) is 7.11. The number of fused-ring (bicyclic) bond motifs is 2. The lowest BCUT2D eigenvalue weighted by Gasteiger charge is -2.14. The number of aromatic hydroxyl groups is 1. The van der Waals surface area contributed by atoms with Gasteiger partial charge in [0.25, 0.3) is 0 Å². The molecule has 7 aromatic rings. The molecule has 0 radical (unpaired) electrons. The zero-order valence-electron chi connectivity index (χ0n) is 28.3. The summed E-state index contributed by atoms with van der Waals surface area (Å²) in [5, 5.41) is 10.9. The Hall–Kier alpha value is -5.37. The molecule has 0 atom stereocenters. The van der Waals surface area contributed by atoms with Crippen molar-refractivity contribution in [2.45, 2.75) is 24.2 Å². The first kappa shape index (κ1) is 39.3. The van der Waals surface area contributed by atoms with Crippen LogP contribution in [-0.4, -0.2) is 29.2 Å².